The summed E-state index contributed by atoms with van der Waals surface area (Å²) in [5.74, 6) is 0.426. The van der Waals surface area contributed by atoms with Crippen LogP contribution < -0.4 is 0 Å². The first-order valence-corrected chi connectivity index (χ1v) is 11.7. The molecule has 0 unspecified atom stereocenters. The number of rotatable bonds is 7. The quantitative estimate of drug-likeness (QED) is 0.205. The maximum absolute atomic E-state index is 8.36. The number of hydrogen-bond donors (Lipinski definition) is 0. The van der Waals surface area contributed by atoms with Crippen LogP contribution in [0.1, 0.15) is 58.6 Å². The Morgan fingerprint density at radius 3 is 3.00 bits per heavy atom. The van der Waals surface area contributed by atoms with Crippen molar-refractivity contribution in [1.29, 1.82) is 0 Å². The molecule has 0 amide bonds. The summed E-state index contributed by atoms with van der Waals surface area (Å²) < 4.78 is 20.7. The van der Waals surface area contributed by atoms with Gasteiger partial charge in [0.1, 0.15) is 5.69 Å². The highest BCUT2D eigenvalue weighted by atomic mass is 17.3. The first-order valence-electron chi connectivity index (χ1n) is 11.7. The Bertz CT molecular complexity index is 877. The van der Waals surface area contributed by atoms with Crippen LogP contribution >= 0.6 is 0 Å². The van der Waals surface area contributed by atoms with E-state index in [1.165, 1.54) is 0 Å². The Morgan fingerprint density at radius 1 is 1.28 bits per heavy atom. The van der Waals surface area contributed by atoms with Crippen molar-refractivity contribution in [2.45, 2.75) is 90.0 Å². The molecule has 32 heavy (non-hydrogen) atoms. The van der Waals surface area contributed by atoms with Gasteiger partial charge in [-0.3, -0.25) is 4.68 Å². The van der Waals surface area contributed by atoms with Crippen molar-refractivity contribution in [3.63, 3.8) is 0 Å². The van der Waals surface area contributed by atoms with Gasteiger partial charge < -0.3 is 14.2 Å². The molecule has 5 heterocycles. The molecule has 6 rings (SSSR count). The molecule has 4 saturated heterocycles. The number of ether oxygens (including phenoxy) is 3. The van der Waals surface area contributed by atoms with Crippen LogP contribution in [0, 0.1) is 23.7 Å². The molecular weight excluding hydrogens is 416 g/mol. The first-order chi connectivity index (χ1) is 15.4. The number of nitrogens with zero attached hydrogens (tertiary/aromatic N) is 6. The molecule has 1 aromatic rings. The molecule has 0 N–H and O–H groups in total. The van der Waals surface area contributed by atoms with Crippen LogP contribution in [0.5, 0.6) is 0 Å². The van der Waals surface area contributed by atoms with E-state index in [1.54, 1.807) is 4.68 Å². The van der Waals surface area contributed by atoms with Crippen LogP contribution in [0.4, 0.5) is 0 Å². The number of aryl methyl sites for hydroxylation is 1. The normalized spacial score (nSPS) is 42.7. The molecule has 1 spiro atoms. The van der Waals surface area contributed by atoms with E-state index in [1.807, 2.05) is 13.1 Å². The summed E-state index contributed by atoms with van der Waals surface area (Å²) in [4.78, 5) is 14.8. The SMILES string of the molecule is C[C@H]1[C@H](OCc2cn(CCCN=[N+]=[N-])nn2)O[C@@H]2O[C@@]3(C)CC[C@H]4[C@H](C)CC[C@@H]1[C@@]24OO3. The minimum atomic E-state index is -0.791. The third-order valence-corrected chi connectivity index (χ3v) is 7.79. The molecule has 1 aliphatic carbocycles. The second-order valence-electron chi connectivity index (χ2n) is 9.87. The number of aromatic nitrogens is 3. The summed E-state index contributed by atoms with van der Waals surface area (Å²) >= 11 is 0. The molecule has 1 saturated carbocycles. The van der Waals surface area contributed by atoms with Crippen molar-refractivity contribution < 1.29 is 24.0 Å². The van der Waals surface area contributed by atoms with Crippen molar-refractivity contribution >= 4 is 0 Å². The van der Waals surface area contributed by atoms with E-state index < -0.39 is 24.0 Å². The zero-order valence-corrected chi connectivity index (χ0v) is 18.9. The Balaban J connectivity index is 1.28. The zero-order chi connectivity index (χ0) is 22.3. The van der Waals surface area contributed by atoms with Crippen molar-refractivity contribution in [3.8, 4) is 0 Å². The van der Waals surface area contributed by atoms with Crippen LogP contribution in [0.15, 0.2) is 11.3 Å². The van der Waals surface area contributed by atoms with E-state index in [2.05, 4.69) is 34.2 Å². The van der Waals surface area contributed by atoms with Crippen LogP contribution in [-0.2, 0) is 37.1 Å². The maximum Gasteiger partial charge on any atom is 0.201 e. The summed E-state index contributed by atoms with van der Waals surface area (Å²) in [6.45, 7) is 7.77. The average Bonchev–Trinajstić information content (AvgIpc) is 3.11. The molecule has 11 heteroatoms. The Morgan fingerprint density at radius 2 is 2.16 bits per heavy atom. The van der Waals surface area contributed by atoms with Crippen molar-refractivity contribution in [2.24, 2.45) is 28.8 Å². The minimum absolute atomic E-state index is 0.120. The fourth-order valence-corrected chi connectivity index (χ4v) is 6.09. The van der Waals surface area contributed by atoms with Gasteiger partial charge in [0.2, 0.25) is 5.79 Å². The van der Waals surface area contributed by atoms with E-state index >= 15 is 0 Å². The van der Waals surface area contributed by atoms with Gasteiger partial charge in [0, 0.05) is 36.3 Å². The lowest BCUT2D eigenvalue weighted by Gasteiger charge is -2.60. The van der Waals surface area contributed by atoms with Gasteiger partial charge in [-0.05, 0) is 50.0 Å². The van der Waals surface area contributed by atoms with Crippen LogP contribution in [0.2, 0.25) is 0 Å². The predicted octanol–water partition coefficient (Wildman–Crippen LogP) is 3.70. The standard InChI is InChI=1S/C21H32N6O5/c1-13-5-6-17-14(2)18(28-12-15-11-27(26-24-15)10-4-9-23-25-22)29-19-21(17)16(13)7-8-20(3,30-19)31-32-21/h11,13-14,16-19H,4-10,12H2,1-3H3/t13-,14-,16+,17+,18-,19-,20-,21-/m1/s1. The molecule has 1 aromatic heterocycles. The lowest BCUT2D eigenvalue weighted by molar-refractivity contribution is -0.577. The highest BCUT2D eigenvalue weighted by Crippen LogP contribution is 2.60. The van der Waals surface area contributed by atoms with E-state index in [4.69, 9.17) is 29.5 Å². The summed E-state index contributed by atoms with van der Waals surface area (Å²) in [5, 5.41) is 11.9. The van der Waals surface area contributed by atoms with Crippen molar-refractivity contribution in [1.82, 2.24) is 15.0 Å². The third kappa shape index (κ3) is 3.70. The van der Waals surface area contributed by atoms with E-state index in [-0.39, 0.29) is 11.8 Å². The second kappa shape index (κ2) is 8.55. The van der Waals surface area contributed by atoms with Crippen LogP contribution in [0.25, 0.3) is 10.4 Å². The molecule has 4 aliphatic heterocycles. The van der Waals surface area contributed by atoms with Crippen molar-refractivity contribution in [3.05, 3.63) is 22.3 Å². The van der Waals surface area contributed by atoms with Gasteiger partial charge in [-0.2, -0.15) is 0 Å². The van der Waals surface area contributed by atoms with Gasteiger partial charge in [-0.15, -0.1) is 5.10 Å². The van der Waals surface area contributed by atoms with Gasteiger partial charge in [0.25, 0.3) is 0 Å². The lowest BCUT2D eigenvalue weighted by atomic mass is 9.58. The molecule has 5 aliphatic rings. The van der Waals surface area contributed by atoms with Gasteiger partial charge in [0.05, 0.1) is 12.8 Å². The highest BCUT2D eigenvalue weighted by molar-refractivity contribution is 5.09. The van der Waals surface area contributed by atoms with E-state index in [0.717, 1.165) is 31.4 Å². The first kappa shape index (κ1) is 22.1. The van der Waals surface area contributed by atoms with Gasteiger partial charge in [-0.1, -0.05) is 24.2 Å². The number of hydrogen-bond acceptors (Lipinski definition) is 8. The summed E-state index contributed by atoms with van der Waals surface area (Å²) in [6.07, 6.45) is 5.61. The molecule has 11 nitrogen and oxygen atoms in total. The number of azide groups is 1. The predicted molar refractivity (Wildman–Crippen MR) is 110 cm³/mol. The zero-order valence-electron chi connectivity index (χ0n) is 18.9. The fraction of sp³-hybridized carbons (Fsp3) is 0.905. The minimum Gasteiger partial charge on any atom is -0.346 e. The smallest absolute Gasteiger partial charge is 0.201 e. The Labute approximate surface area is 187 Å². The van der Waals surface area contributed by atoms with Crippen LogP contribution in [-0.4, -0.2) is 45.5 Å². The lowest BCUT2D eigenvalue weighted by Crippen LogP contribution is -2.70. The molecule has 8 atom stereocenters. The summed E-state index contributed by atoms with van der Waals surface area (Å²) in [7, 11) is 0. The maximum atomic E-state index is 8.36. The summed E-state index contributed by atoms with van der Waals surface area (Å²) in [6, 6.07) is 0. The second-order valence-corrected chi connectivity index (χ2v) is 9.87. The fourth-order valence-electron chi connectivity index (χ4n) is 6.09. The average molecular weight is 449 g/mol. The molecule has 0 radical (unpaired) electrons. The third-order valence-electron chi connectivity index (χ3n) is 7.79. The van der Waals surface area contributed by atoms with Gasteiger partial charge in [-0.25, -0.2) is 9.78 Å². The monoisotopic (exact) mass is 448 g/mol. The van der Waals surface area contributed by atoms with Crippen LogP contribution in [0.3, 0.4) is 0 Å². The largest absolute Gasteiger partial charge is 0.346 e. The molecule has 2 bridgehead atoms. The molecule has 176 valence electrons. The van der Waals surface area contributed by atoms with Crippen molar-refractivity contribution in [2.75, 3.05) is 6.54 Å². The van der Waals surface area contributed by atoms with E-state index in [9.17, 15) is 0 Å². The molecule has 5 fully saturated rings. The van der Waals surface area contributed by atoms with Gasteiger partial charge >= 0.3 is 0 Å². The molecular formula is C21H32N6O5. The highest BCUT2D eigenvalue weighted by Gasteiger charge is 2.69. The Kier molecular flexibility index (Phi) is 5.90. The number of fused-ring (bicyclic) bond motifs is 2. The van der Waals surface area contributed by atoms with E-state index in [0.29, 0.717) is 38.0 Å². The Hall–Kier alpha value is -1.75. The topological polar surface area (TPSA) is 126 Å². The summed E-state index contributed by atoms with van der Waals surface area (Å²) in [5.41, 5.74) is 8.51. The van der Waals surface area contributed by atoms with Gasteiger partial charge in [0.15, 0.2) is 18.2 Å². The molecule has 0 aromatic carbocycles.